The van der Waals surface area contributed by atoms with Gasteiger partial charge in [0, 0.05) is 44.4 Å². The molecule has 0 saturated heterocycles. The van der Waals surface area contributed by atoms with Gasteiger partial charge in [0.1, 0.15) is 5.75 Å². The lowest BCUT2D eigenvalue weighted by molar-refractivity contribution is -0.00828. The largest absolute Gasteiger partial charge is 0.490 e. The molecular formula is C30H50N4O7S. The fourth-order valence-corrected chi connectivity index (χ4v) is 5.87. The van der Waals surface area contributed by atoms with Gasteiger partial charge in [-0.3, -0.25) is 4.79 Å². The molecule has 3 amide bonds. The van der Waals surface area contributed by atoms with E-state index in [1.807, 2.05) is 13.8 Å². The number of hydrogen-bond donors (Lipinski definition) is 3. The molecule has 1 aromatic carbocycles. The van der Waals surface area contributed by atoms with Crippen molar-refractivity contribution in [3.63, 3.8) is 0 Å². The zero-order chi connectivity index (χ0) is 30.9. The molecule has 0 radical (unpaired) electrons. The molecule has 4 atom stereocenters. The highest BCUT2D eigenvalue weighted by Gasteiger charge is 2.31. The number of amides is 3. The number of benzene rings is 1. The van der Waals surface area contributed by atoms with Crippen LogP contribution in [-0.4, -0.2) is 98.6 Å². The fraction of sp³-hybridized carbons (Fsp3) is 0.733. The number of carbonyl (C=O) groups excluding carboxylic acids is 2. The Kier molecular flexibility index (Phi) is 12.9. The smallest absolute Gasteiger partial charge is 0.319 e. The van der Waals surface area contributed by atoms with Crippen molar-refractivity contribution in [1.82, 2.24) is 14.5 Å². The van der Waals surface area contributed by atoms with E-state index in [9.17, 15) is 23.1 Å². The summed E-state index contributed by atoms with van der Waals surface area (Å²) in [6, 6.07) is 4.37. The SMILES string of the molecule is C[C@H](CO)N1C[C@H](C)[C@@H](CN(C)S(C)(=O)=O)OCCCC[C@H](C)Oc2ccc(NC(=O)NC3CCCCC3)cc2C1=O. The number of aliphatic hydroxyl groups is 1. The molecule has 1 aliphatic carbocycles. The Balaban J connectivity index is 1.91. The topological polar surface area (TPSA) is 138 Å². The van der Waals surface area contributed by atoms with Crippen molar-refractivity contribution < 1.29 is 32.6 Å². The van der Waals surface area contributed by atoms with Crippen LogP contribution in [0.25, 0.3) is 0 Å². The van der Waals surface area contributed by atoms with E-state index < -0.39 is 22.2 Å². The maximum Gasteiger partial charge on any atom is 0.319 e. The van der Waals surface area contributed by atoms with Crippen LogP contribution in [0.15, 0.2) is 18.2 Å². The van der Waals surface area contributed by atoms with Gasteiger partial charge in [-0.2, -0.15) is 0 Å². The number of anilines is 1. The summed E-state index contributed by atoms with van der Waals surface area (Å²) in [5.74, 6) is -0.189. The van der Waals surface area contributed by atoms with Crippen LogP contribution in [0.2, 0.25) is 0 Å². The molecule has 1 aliphatic heterocycles. The monoisotopic (exact) mass is 610 g/mol. The molecule has 1 fully saturated rings. The molecule has 42 heavy (non-hydrogen) atoms. The van der Waals surface area contributed by atoms with Crippen LogP contribution in [0, 0.1) is 5.92 Å². The van der Waals surface area contributed by atoms with Gasteiger partial charge in [0.15, 0.2) is 0 Å². The van der Waals surface area contributed by atoms with Crippen LogP contribution in [0.1, 0.15) is 82.5 Å². The lowest BCUT2D eigenvalue weighted by Crippen LogP contribution is -2.48. The van der Waals surface area contributed by atoms with E-state index in [2.05, 4.69) is 10.6 Å². The van der Waals surface area contributed by atoms with Crippen molar-refractivity contribution in [2.45, 2.75) is 96.4 Å². The van der Waals surface area contributed by atoms with Crippen molar-refractivity contribution in [3.8, 4) is 5.75 Å². The van der Waals surface area contributed by atoms with E-state index in [1.54, 1.807) is 30.0 Å². The molecule has 3 N–H and O–H groups in total. The van der Waals surface area contributed by atoms with Gasteiger partial charge < -0.3 is 30.1 Å². The zero-order valence-electron chi connectivity index (χ0n) is 25.8. The van der Waals surface area contributed by atoms with Crippen molar-refractivity contribution in [1.29, 1.82) is 0 Å². The Labute approximate surface area is 251 Å². The molecule has 0 bridgehead atoms. The highest BCUT2D eigenvalue weighted by molar-refractivity contribution is 7.88. The van der Waals surface area contributed by atoms with Crippen molar-refractivity contribution in [2.24, 2.45) is 5.92 Å². The minimum atomic E-state index is -3.43. The Morgan fingerprint density at radius 3 is 2.50 bits per heavy atom. The van der Waals surface area contributed by atoms with Crippen LogP contribution < -0.4 is 15.4 Å². The summed E-state index contributed by atoms with van der Waals surface area (Å²) < 4.78 is 38.0. The number of urea groups is 1. The maximum absolute atomic E-state index is 14.2. The van der Waals surface area contributed by atoms with Gasteiger partial charge in [0.05, 0.1) is 36.7 Å². The summed E-state index contributed by atoms with van der Waals surface area (Å²) in [5.41, 5.74) is 0.751. The predicted octanol–water partition coefficient (Wildman–Crippen LogP) is 3.83. The first-order valence-electron chi connectivity index (χ1n) is 15.2. The number of hydrogen-bond acceptors (Lipinski definition) is 7. The van der Waals surface area contributed by atoms with E-state index in [0.29, 0.717) is 18.0 Å². The normalized spacial score (nSPS) is 24.3. The van der Waals surface area contributed by atoms with Crippen LogP contribution in [0.5, 0.6) is 5.75 Å². The maximum atomic E-state index is 14.2. The highest BCUT2D eigenvalue weighted by Crippen LogP contribution is 2.29. The number of sulfonamides is 1. The molecule has 2 aliphatic rings. The minimum Gasteiger partial charge on any atom is -0.490 e. The molecule has 238 valence electrons. The average Bonchev–Trinajstić information content (AvgIpc) is 2.94. The average molecular weight is 611 g/mol. The van der Waals surface area contributed by atoms with Gasteiger partial charge in [0.25, 0.3) is 5.91 Å². The number of nitrogens with zero attached hydrogens (tertiary/aromatic N) is 2. The third kappa shape index (κ3) is 10.1. The Bertz CT molecular complexity index is 1140. The van der Waals surface area contributed by atoms with Gasteiger partial charge in [-0.1, -0.05) is 26.2 Å². The van der Waals surface area contributed by atoms with Crippen molar-refractivity contribution >= 4 is 27.6 Å². The second-order valence-electron chi connectivity index (χ2n) is 12.0. The van der Waals surface area contributed by atoms with Crippen LogP contribution in [0.4, 0.5) is 10.5 Å². The lowest BCUT2D eigenvalue weighted by Gasteiger charge is -2.35. The molecular weight excluding hydrogens is 560 g/mol. The number of rotatable bonds is 7. The molecule has 1 aromatic rings. The van der Waals surface area contributed by atoms with Crippen molar-refractivity contribution in [3.05, 3.63) is 23.8 Å². The molecule has 12 heteroatoms. The summed E-state index contributed by atoms with van der Waals surface area (Å²) in [6.45, 7) is 6.19. The zero-order valence-corrected chi connectivity index (χ0v) is 26.6. The van der Waals surface area contributed by atoms with Crippen LogP contribution >= 0.6 is 0 Å². The van der Waals surface area contributed by atoms with Crippen molar-refractivity contribution in [2.75, 3.05) is 44.9 Å². The predicted molar refractivity (Wildman–Crippen MR) is 163 cm³/mol. The third-order valence-electron chi connectivity index (χ3n) is 8.25. The second kappa shape index (κ2) is 15.9. The van der Waals surface area contributed by atoms with Gasteiger partial charge in [0.2, 0.25) is 10.0 Å². The number of nitrogens with one attached hydrogen (secondary N) is 2. The quantitative estimate of drug-likeness (QED) is 0.427. The van der Waals surface area contributed by atoms with Gasteiger partial charge in [-0.25, -0.2) is 17.5 Å². The van der Waals surface area contributed by atoms with E-state index in [0.717, 1.165) is 51.2 Å². The van der Waals surface area contributed by atoms with Gasteiger partial charge in [-0.05, 0) is 64.2 Å². The van der Waals surface area contributed by atoms with Crippen LogP contribution in [-0.2, 0) is 14.8 Å². The lowest BCUT2D eigenvalue weighted by atomic mass is 9.96. The fourth-order valence-electron chi connectivity index (χ4n) is 5.45. The molecule has 0 spiro atoms. The molecule has 1 heterocycles. The molecule has 3 rings (SSSR count). The first-order chi connectivity index (χ1) is 19.9. The standard InChI is InChI=1S/C30H50N4O7S/c1-21-18-34(22(2)20-35)29(36)26-17-25(32-30(37)31-24-12-7-6-8-13-24)14-15-27(26)41-23(3)11-9-10-16-40-28(21)19-33(4)42(5,38)39/h14-15,17,21-24,28,35H,6-13,16,18-20H2,1-5H3,(H2,31,32,37)/t21-,22+,23-,28+/m0/s1. The molecule has 0 aromatic heterocycles. The van der Waals surface area contributed by atoms with E-state index in [-0.39, 0.29) is 55.3 Å². The minimum absolute atomic E-state index is 0.140. The number of ether oxygens (including phenoxy) is 2. The molecule has 0 unspecified atom stereocenters. The summed E-state index contributed by atoms with van der Waals surface area (Å²) >= 11 is 0. The number of fused-ring (bicyclic) bond motifs is 1. The molecule has 11 nitrogen and oxygen atoms in total. The van der Waals surface area contributed by atoms with Crippen LogP contribution in [0.3, 0.4) is 0 Å². The van der Waals surface area contributed by atoms with Gasteiger partial charge in [-0.15, -0.1) is 0 Å². The second-order valence-corrected chi connectivity index (χ2v) is 14.1. The Morgan fingerprint density at radius 2 is 1.83 bits per heavy atom. The number of carbonyl (C=O) groups is 2. The third-order valence-corrected chi connectivity index (χ3v) is 9.53. The first-order valence-corrected chi connectivity index (χ1v) is 17.1. The Morgan fingerprint density at radius 1 is 1.14 bits per heavy atom. The summed E-state index contributed by atoms with van der Waals surface area (Å²) in [6.07, 6.45) is 8.17. The summed E-state index contributed by atoms with van der Waals surface area (Å²) in [7, 11) is -1.91. The number of likely N-dealkylation sites (N-methyl/N-ethyl adjacent to an activating group) is 1. The van der Waals surface area contributed by atoms with Gasteiger partial charge >= 0.3 is 6.03 Å². The van der Waals surface area contributed by atoms with E-state index in [4.69, 9.17) is 9.47 Å². The summed E-state index contributed by atoms with van der Waals surface area (Å²) in [5, 5.41) is 16.0. The van der Waals surface area contributed by atoms with E-state index in [1.165, 1.54) is 17.8 Å². The Hall–Kier alpha value is -2.41. The molecule has 1 saturated carbocycles. The van der Waals surface area contributed by atoms with E-state index >= 15 is 0 Å². The highest BCUT2D eigenvalue weighted by atomic mass is 32.2. The number of aliphatic hydroxyl groups excluding tert-OH is 1. The summed E-state index contributed by atoms with van der Waals surface area (Å²) in [4.78, 5) is 28.5. The first kappa shape index (κ1) is 34.1.